The van der Waals surface area contributed by atoms with E-state index < -0.39 is 25.5 Å². The number of ether oxygens (including phenoxy) is 1. The number of halogens is 3. The molecule has 0 radical (unpaired) electrons. The molecule has 394 valence electrons. The number of piperazine rings is 1. The van der Waals surface area contributed by atoms with Crippen LogP contribution in [0.15, 0.2) is 151 Å². The number of aliphatic imine (C=N–C) groups is 1. The lowest BCUT2D eigenvalue weighted by molar-refractivity contribution is 0.0590. The molecule has 0 amide bonds. The number of benzene rings is 6. The molecule has 0 aliphatic carbocycles. The largest absolute Gasteiger partial charge is 0.461 e. The second-order valence-electron chi connectivity index (χ2n) is 23.3. The van der Waals surface area contributed by atoms with Gasteiger partial charge in [-0.2, -0.15) is 9.97 Å². The molecule has 6 aromatic carbocycles. The van der Waals surface area contributed by atoms with Crippen LogP contribution in [0.25, 0.3) is 32.8 Å². The lowest BCUT2D eigenvalue weighted by Gasteiger charge is -2.50. The molecule has 11 rings (SSSR count). The van der Waals surface area contributed by atoms with Gasteiger partial charge < -0.3 is 9.64 Å². The van der Waals surface area contributed by atoms with Crippen LogP contribution < -0.4 is 9.64 Å². The molecule has 0 saturated carbocycles. The van der Waals surface area contributed by atoms with Crippen molar-refractivity contribution in [3.05, 3.63) is 185 Å². The average molecular weight is 1050 g/mol. The fraction of sp³-hybridized carbons (Fsp3) is 0.348. The Labute approximate surface area is 453 Å². The van der Waals surface area contributed by atoms with Crippen LogP contribution in [0.3, 0.4) is 0 Å². The number of rotatable bonds is 13. The maximum atomic E-state index is 18.7. The number of hydrogen-bond donors (Lipinski definition) is 0. The number of nitrogens with zero attached hydrogens (tertiary/aromatic N) is 6. The maximum Gasteiger partial charge on any atom is 0.319 e. The number of fused-ring (bicyclic) bond motifs is 5. The Balaban J connectivity index is 1.13. The van der Waals surface area contributed by atoms with E-state index in [1.807, 2.05) is 72.8 Å². The summed E-state index contributed by atoms with van der Waals surface area (Å²) in [5, 5.41) is 1.08. The standard InChI is InChI=1S/C66H69F3N6OSi/c1-42(2)77(43(3)4,44(5)6)33-30-53-56(67)29-26-48-34-50(70-61(46-20-13-10-14-21-46)47-22-15-11-16-23-47)35-54(58(48)53)59-57(68)36-55-62(60(59)69)71-64(76-41-66-31-19-32-74(66)38-45(7)37-66)72-63(55)73-39-51-27-28-52(40-73)75(51)65(8,9)49-24-17-12-18-25-49/h10-18,20-29,34-36,42-44,51-52H,7,19,31-32,37-41H2,1-6,8-9H3. The van der Waals surface area contributed by atoms with E-state index in [0.29, 0.717) is 47.7 Å². The van der Waals surface area contributed by atoms with E-state index in [4.69, 9.17) is 19.7 Å². The van der Waals surface area contributed by atoms with Gasteiger partial charge in [-0.05, 0) is 97.1 Å². The molecule has 5 heterocycles. The topological polar surface area (TPSA) is 57.1 Å². The smallest absolute Gasteiger partial charge is 0.319 e. The van der Waals surface area contributed by atoms with Crippen LogP contribution in [0, 0.1) is 28.9 Å². The second-order valence-corrected chi connectivity index (χ2v) is 28.9. The summed E-state index contributed by atoms with van der Waals surface area (Å²) in [6.45, 7) is 25.2. The van der Waals surface area contributed by atoms with Gasteiger partial charge in [-0.1, -0.05) is 169 Å². The third-order valence-corrected chi connectivity index (χ3v) is 23.8. The van der Waals surface area contributed by atoms with Crippen LogP contribution in [-0.4, -0.2) is 84.0 Å². The molecule has 4 aliphatic heterocycles. The molecule has 11 heteroatoms. The van der Waals surface area contributed by atoms with E-state index in [-0.39, 0.29) is 73.4 Å². The van der Waals surface area contributed by atoms with Crippen molar-refractivity contribution in [2.24, 2.45) is 4.99 Å². The quantitative estimate of drug-likeness (QED) is 0.0496. The first kappa shape index (κ1) is 52.2. The highest BCUT2D eigenvalue weighted by Gasteiger charge is 2.48. The molecule has 0 spiro atoms. The minimum Gasteiger partial charge on any atom is -0.461 e. The van der Waals surface area contributed by atoms with Gasteiger partial charge >= 0.3 is 6.01 Å². The van der Waals surface area contributed by atoms with E-state index in [0.717, 1.165) is 49.1 Å². The first-order valence-corrected chi connectivity index (χ1v) is 29.7. The van der Waals surface area contributed by atoms with Gasteiger partial charge in [-0.15, -0.1) is 5.54 Å². The summed E-state index contributed by atoms with van der Waals surface area (Å²) < 4.78 is 60.4. The molecule has 2 bridgehead atoms. The zero-order valence-corrected chi connectivity index (χ0v) is 46.7. The highest BCUT2D eigenvalue weighted by atomic mass is 28.3. The van der Waals surface area contributed by atoms with E-state index in [2.05, 4.69) is 125 Å². The summed E-state index contributed by atoms with van der Waals surface area (Å²) in [7, 11) is -2.43. The Morgan fingerprint density at radius 3 is 2.05 bits per heavy atom. The Bertz CT molecular complexity index is 3450. The lowest BCUT2D eigenvalue weighted by Crippen LogP contribution is -2.60. The Morgan fingerprint density at radius 2 is 1.43 bits per heavy atom. The van der Waals surface area contributed by atoms with Crippen molar-refractivity contribution in [1.82, 2.24) is 19.8 Å². The molecule has 3 unspecified atom stereocenters. The highest BCUT2D eigenvalue weighted by Crippen LogP contribution is 2.47. The second kappa shape index (κ2) is 20.5. The maximum absolute atomic E-state index is 18.7. The third kappa shape index (κ3) is 9.30. The van der Waals surface area contributed by atoms with Crippen LogP contribution in [-0.2, 0) is 5.54 Å². The zero-order valence-electron chi connectivity index (χ0n) is 45.7. The predicted octanol–water partition coefficient (Wildman–Crippen LogP) is 15.1. The van der Waals surface area contributed by atoms with Gasteiger partial charge in [0.2, 0.25) is 0 Å². The van der Waals surface area contributed by atoms with E-state index in [1.54, 1.807) is 12.1 Å². The van der Waals surface area contributed by atoms with Crippen molar-refractivity contribution >= 4 is 47.0 Å². The first-order chi connectivity index (χ1) is 37.0. The number of anilines is 1. The SMILES string of the molecule is C=C1CN2CCCC2(COc2nc(N3CC4C=CC(C3)N4C(C)(C)c3ccccc3)c3cc(F)c(-c4cc(N=C(c5ccccc5)c5ccccc5)cc5ccc(F)c(C#C[Si](C(C)C)(C(C)C)C(C)C)c45)c(F)c3n2)C1. The molecule has 4 aliphatic rings. The fourth-order valence-corrected chi connectivity index (χ4v) is 19.1. The van der Waals surface area contributed by atoms with Crippen LogP contribution in [0.5, 0.6) is 6.01 Å². The van der Waals surface area contributed by atoms with Crippen molar-refractivity contribution in [1.29, 1.82) is 0 Å². The van der Waals surface area contributed by atoms with Crippen LogP contribution >= 0.6 is 0 Å². The molecule has 7 aromatic rings. The molecular formula is C66H69F3N6OSi. The van der Waals surface area contributed by atoms with Crippen molar-refractivity contribution < 1.29 is 17.9 Å². The highest BCUT2D eigenvalue weighted by molar-refractivity contribution is 6.90. The molecule has 3 atom stereocenters. The molecule has 0 N–H and O–H groups in total. The van der Waals surface area contributed by atoms with E-state index in [9.17, 15) is 0 Å². The molecule has 1 aromatic heterocycles. The molecule has 3 saturated heterocycles. The first-order valence-electron chi connectivity index (χ1n) is 27.5. The summed E-state index contributed by atoms with van der Waals surface area (Å²) in [6, 6.07) is 38.1. The zero-order chi connectivity index (χ0) is 54.0. The Hall–Kier alpha value is -6.84. The third-order valence-electron chi connectivity index (χ3n) is 17.5. The predicted molar refractivity (Wildman–Crippen MR) is 311 cm³/mol. The summed E-state index contributed by atoms with van der Waals surface area (Å²) in [5.41, 5.74) is 8.89. The van der Waals surface area contributed by atoms with Crippen molar-refractivity contribution in [2.75, 3.05) is 37.7 Å². The van der Waals surface area contributed by atoms with Crippen LogP contribution in [0.4, 0.5) is 24.7 Å². The lowest BCUT2D eigenvalue weighted by atomic mass is 9.89. The Morgan fingerprint density at radius 1 is 0.805 bits per heavy atom. The Kier molecular flexibility index (Phi) is 13.9. The minimum atomic E-state index is -2.43. The van der Waals surface area contributed by atoms with Gasteiger partial charge in [-0.25, -0.2) is 18.2 Å². The van der Waals surface area contributed by atoms with Crippen LogP contribution in [0.1, 0.15) is 96.9 Å². The van der Waals surface area contributed by atoms with Gasteiger partial charge in [0, 0.05) is 59.2 Å². The van der Waals surface area contributed by atoms with E-state index >= 15 is 13.2 Å². The van der Waals surface area contributed by atoms with E-state index in [1.165, 1.54) is 17.7 Å². The fourth-order valence-electron chi connectivity index (χ4n) is 13.9. The van der Waals surface area contributed by atoms with Crippen LogP contribution in [0.2, 0.25) is 16.6 Å². The van der Waals surface area contributed by atoms with Crippen molar-refractivity contribution in [3.63, 3.8) is 0 Å². The van der Waals surface area contributed by atoms with Crippen molar-refractivity contribution in [2.45, 2.75) is 114 Å². The summed E-state index contributed by atoms with van der Waals surface area (Å²) in [5.74, 6) is 1.48. The van der Waals surface area contributed by atoms with Gasteiger partial charge in [0.15, 0.2) is 5.82 Å². The summed E-state index contributed by atoms with van der Waals surface area (Å²) in [4.78, 5) is 22.4. The summed E-state index contributed by atoms with van der Waals surface area (Å²) >= 11 is 0. The summed E-state index contributed by atoms with van der Waals surface area (Å²) in [6.07, 6.45) is 7.25. The molecular weight excluding hydrogens is 978 g/mol. The van der Waals surface area contributed by atoms with Gasteiger partial charge in [0.1, 0.15) is 37.6 Å². The van der Waals surface area contributed by atoms with Crippen molar-refractivity contribution in [3.8, 4) is 28.6 Å². The average Bonchev–Trinajstić information content (AvgIpc) is 4.12. The molecule has 7 nitrogen and oxygen atoms in total. The monoisotopic (exact) mass is 1050 g/mol. The minimum absolute atomic E-state index is 0.0172. The van der Waals surface area contributed by atoms with Gasteiger partial charge in [0.05, 0.1) is 28.1 Å². The van der Waals surface area contributed by atoms with Gasteiger partial charge in [0.25, 0.3) is 0 Å². The normalized spacial score (nSPS) is 19.7. The molecule has 3 fully saturated rings. The van der Waals surface area contributed by atoms with Gasteiger partial charge in [-0.3, -0.25) is 9.80 Å². The number of hydrogen-bond acceptors (Lipinski definition) is 7. The molecule has 77 heavy (non-hydrogen) atoms. The number of aromatic nitrogens is 2.